The van der Waals surface area contributed by atoms with Gasteiger partial charge >= 0.3 is 0 Å². The number of hydrogen-bond acceptors (Lipinski definition) is 3. The topological polar surface area (TPSA) is 62.8 Å². The van der Waals surface area contributed by atoms with Gasteiger partial charge < -0.3 is 11.1 Å². The minimum atomic E-state index is 0.354. The standard InChI is InChI=1S/C7H8ClN3.C4H10.C2H6/c1-4(9)5-3-11-7(8)2-6(5)10;1-3-4-2;1-2/h2-3,9H,1H3,(H2,10,11);3-4H2,1-2H3;1-2H3. The molecule has 0 aliphatic heterocycles. The summed E-state index contributed by atoms with van der Waals surface area (Å²) < 4.78 is 0. The summed E-state index contributed by atoms with van der Waals surface area (Å²) in [6.45, 7) is 10.0. The highest BCUT2D eigenvalue weighted by Gasteiger charge is 2.01. The van der Waals surface area contributed by atoms with Crippen molar-refractivity contribution in [3.8, 4) is 0 Å². The second-order valence-electron chi connectivity index (χ2n) is 3.22. The maximum atomic E-state index is 7.28. The van der Waals surface area contributed by atoms with Crippen LogP contribution >= 0.6 is 11.6 Å². The fraction of sp³-hybridized carbons (Fsp3) is 0.538. The molecule has 1 aromatic heterocycles. The summed E-state index contributed by atoms with van der Waals surface area (Å²) in [6, 6.07) is 1.54. The van der Waals surface area contributed by atoms with Crippen molar-refractivity contribution in [2.45, 2.75) is 47.5 Å². The molecule has 1 rings (SSSR count). The zero-order chi connectivity index (χ0) is 13.8. The molecule has 4 heteroatoms. The van der Waals surface area contributed by atoms with E-state index in [-0.39, 0.29) is 0 Å². The Morgan fingerprint density at radius 3 is 2.12 bits per heavy atom. The van der Waals surface area contributed by atoms with Gasteiger partial charge in [-0.25, -0.2) is 4.98 Å². The van der Waals surface area contributed by atoms with Crippen LogP contribution in [0.1, 0.15) is 53.0 Å². The van der Waals surface area contributed by atoms with E-state index in [4.69, 9.17) is 22.7 Å². The van der Waals surface area contributed by atoms with Crippen LogP contribution < -0.4 is 5.73 Å². The Kier molecular flexibility index (Phi) is 12.3. The summed E-state index contributed by atoms with van der Waals surface area (Å²) in [5.74, 6) is 0. The van der Waals surface area contributed by atoms with Crippen LogP contribution in [0.5, 0.6) is 0 Å². The van der Waals surface area contributed by atoms with Gasteiger partial charge in [0.15, 0.2) is 0 Å². The van der Waals surface area contributed by atoms with Gasteiger partial charge in [0.05, 0.1) is 0 Å². The van der Waals surface area contributed by atoms with E-state index in [0.29, 0.717) is 22.1 Å². The molecule has 0 unspecified atom stereocenters. The van der Waals surface area contributed by atoms with Gasteiger partial charge in [-0.1, -0.05) is 52.1 Å². The molecular formula is C13H24ClN3. The first-order valence-electron chi connectivity index (χ1n) is 5.99. The Morgan fingerprint density at radius 1 is 1.35 bits per heavy atom. The third-order valence-corrected chi connectivity index (χ3v) is 2.01. The monoisotopic (exact) mass is 257 g/mol. The minimum absolute atomic E-state index is 0.354. The highest BCUT2D eigenvalue weighted by atomic mass is 35.5. The Morgan fingerprint density at radius 2 is 1.82 bits per heavy atom. The maximum Gasteiger partial charge on any atom is 0.131 e. The Bertz CT molecular complexity index is 322. The summed E-state index contributed by atoms with van der Waals surface area (Å²) in [6.07, 6.45) is 4.14. The predicted molar refractivity (Wildman–Crippen MR) is 78.1 cm³/mol. The zero-order valence-corrected chi connectivity index (χ0v) is 12.2. The second-order valence-corrected chi connectivity index (χ2v) is 3.61. The number of nitrogen functional groups attached to an aromatic ring is 1. The summed E-state index contributed by atoms with van der Waals surface area (Å²) in [5.41, 5.74) is 7.08. The molecule has 0 aliphatic rings. The van der Waals surface area contributed by atoms with E-state index in [0.717, 1.165) is 0 Å². The molecule has 3 N–H and O–H groups in total. The number of rotatable bonds is 2. The van der Waals surface area contributed by atoms with Gasteiger partial charge in [0, 0.05) is 23.2 Å². The average molecular weight is 258 g/mol. The third kappa shape index (κ3) is 8.69. The lowest BCUT2D eigenvalue weighted by Gasteiger charge is -2.01. The second kappa shape index (κ2) is 11.4. The summed E-state index contributed by atoms with van der Waals surface area (Å²) >= 11 is 5.56. The lowest BCUT2D eigenvalue weighted by atomic mass is 10.2. The van der Waals surface area contributed by atoms with Gasteiger partial charge in [0.25, 0.3) is 0 Å². The van der Waals surface area contributed by atoms with E-state index in [2.05, 4.69) is 18.8 Å². The van der Waals surface area contributed by atoms with Crippen molar-refractivity contribution >= 4 is 23.0 Å². The normalized spacial score (nSPS) is 8.35. The molecule has 0 aromatic carbocycles. The zero-order valence-electron chi connectivity index (χ0n) is 11.5. The van der Waals surface area contributed by atoms with E-state index in [1.54, 1.807) is 6.92 Å². The lowest BCUT2D eigenvalue weighted by molar-refractivity contribution is 0.886. The highest BCUT2D eigenvalue weighted by Crippen LogP contribution is 2.14. The van der Waals surface area contributed by atoms with Crippen LogP contribution in [0.25, 0.3) is 0 Å². The summed E-state index contributed by atoms with van der Waals surface area (Å²) in [4.78, 5) is 3.81. The van der Waals surface area contributed by atoms with E-state index in [9.17, 15) is 0 Å². The highest BCUT2D eigenvalue weighted by molar-refractivity contribution is 6.29. The van der Waals surface area contributed by atoms with Crippen molar-refractivity contribution in [2.75, 3.05) is 5.73 Å². The Balaban J connectivity index is 0. The number of pyridine rings is 1. The number of nitrogens with two attached hydrogens (primary N) is 1. The third-order valence-electron chi connectivity index (χ3n) is 1.81. The summed E-state index contributed by atoms with van der Waals surface area (Å²) in [5, 5.41) is 7.64. The lowest BCUT2D eigenvalue weighted by Crippen LogP contribution is -2.00. The van der Waals surface area contributed by atoms with Crippen molar-refractivity contribution in [3.05, 3.63) is 23.0 Å². The van der Waals surface area contributed by atoms with Crippen molar-refractivity contribution < 1.29 is 0 Å². The average Bonchev–Trinajstić information content (AvgIpc) is 2.31. The van der Waals surface area contributed by atoms with E-state index >= 15 is 0 Å². The van der Waals surface area contributed by atoms with E-state index in [1.165, 1.54) is 25.1 Å². The predicted octanol–water partition coefficient (Wildman–Crippen LogP) is 4.54. The van der Waals surface area contributed by atoms with Crippen LogP contribution in [-0.2, 0) is 0 Å². The van der Waals surface area contributed by atoms with Crippen molar-refractivity contribution in [3.63, 3.8) is 0 Å². The molecule has 0 fully saturated rings. The first-order valence-corrected chi connectivity index (χ1v) is 6.37. The van der Waals surface area contributed by atoms with Crippen LogP contribution in [0.4, 0.5) is 5.69 Å². The van der Waals surface area contributed by atoms with Gasteiger partial charge in [0.2, 0.25) is 0 Å². The number of nitrogens with zero attached hydrogens (tertiary/aromatic N) is 1. The molecule has 0 bridgehead atoms. The van der Waals surface area contributed by atoms with Crippen LogP contribution in [0, 0.1) is 5.41 Å². The van der Waals surface area contributed by atoms with Crippen LogP contribution in [0.3, 0.4) is 0 Å². The van der Waals surface area contributed by atoms with Gasteiger partial charge in [-0.15, -0.1) is 0 Å². The molecule has 0 saturated carbocycles. The molecule has 0 aliphatic carbocycles. The van der Waals surface area contributed by atoms with Gasteiger partial charge in [-0.05, 0) is 13.0 Å². The van der Waals surface area contributed by atoms with Crippen molar-refractivity contribution in [2.24, 2.45) is 0 Å². The first-order chi connectivity index (χ1) is 8.02. The Labute approximate surface area is 110 Å². The Hall–Kier alpha value is -1.09. The molecular weight excluding hydrogens is 234 g/mol. The number of hydrogen-bond donors (Lipinski definition) is 2. The number of nitrogens with one attached hydrogen (secondary N) is 1. The first kappa shape index (κ1) is 18.3. The molecule has 1 aromatic rings. The fourth-order valence-corrected chi connectivity index (χ4v) is 0.924. The molecule has 1 heterocycles. The smallest absolute Gasteiger partial charge is 0.131 e. The van der Waals surface area contributed by atoms with Gasteiger partial charge in [-0.3, -0.25) is 0 Å². The number of halogens is 1. The largest absolute Gasteiger partial charge is 0.398 e. The van der Waals surface area contributed by atoms with Crippen LogP contribution in [0.15, 0.2) is 12.3 Å². The number of anilines is 1. The van der Waals surface area contributed by atoms with Crippen LogP contribution in [0.2, 0.25) is 5.15 Å². The quantitative estimate of drug-likeness (QED) is 0.604. The molecule has 17 heavy (non-hydrogen) atoms. The number of unbranched alkanes of at least 4 members (excludes halogenated alkanes) is 1. The minimum Gasteiger partial charge on any atom is -0.398 e. The van der Waals surface area contributed by atoms with E-state index < -0.39 is 0 Å². The molecule has 3 nitrogen and oxygen atoms in total. The molecule has 0 amide bonds. The molecule has 98 valence electrons. The molecule has 0 atom stereocenters. The molecule has 0 spiro atoms. The molecule has 0 radical (unpaired) electrons. The van der Waals surface area contributed by atoms with Crippen molar-refractivity contribution in [1.29, 1.82) is 5.41 Å². The maximum absolute atomic E-state index is 7.28. The SMILES string of the molecule is CC.CC(=N)c1cnc(Cl)cc1N.CCCC. The van der Waals surface area contributed by atoms with Gasteiger partial charge in [0.1, 0.15) is 5.15 Å². The number of aromatic nitrogens is 1. The van der Waals surface area contributed by atoms with Crippen LogP contribution in [-0.4, -0.2) is 10.7 Å². The summed E-state index contributed by atoms with van der Waals surface area (Å²) in [7, 11) is 0. The van der Waals surface area contributed by atoms with Crippen molar-refractivity contribution in [1.82, 2.24) is 4.98 Å². The van der Waals surface area contributed by atoms with E-state index in [1.807, 2.05) is 13.8 Å². The van der Waals surface area contributed by atoms with Gasteiger partial charge in [-0.2, -0.15) is 0 Å². The fourth-order valence-electron chi connectivity index (χ4n) is 0.757. The molecule has 0 saturated heterocycles.